The number of nitrogens with zero attached hydrogens (tertiary/aromatic N) is 1. The van der Waals surface area contributed by atoms with Crippen molar-refractivity contribution >= 4 is 21.8 Å². The summed E-state index contributed by atoms with van der Waals surface area (Å²) >= 11 is 0. The van der Waals surface area contributed by atoms with E-state index in [1.807, 2.05) is 0 Å². The first-order chi connectivity index (χ1) is 8.72. The Hall–Kier alpha value is -2.27. The van der Waals surface area contributed by atoms with Gasteiger partial charge in [-0.05, 0) is 12.1 Å². The third-order valence-electron chi connectivity index (χ3n) is 2.94. The largest absolute Gasteiger partial charge is 0.392 e. The highest BCUT2D eigenvalue weighted by atomic mass is 19.1. The van der Waals surface area contributed by atoms with Crippen LogP contribution in [0.15, 0.2) is 35.3 Å². The van der Waals surface area contributed by atoms with Gasteiger partial charge < -0.3 is 10.1 Å². The van der Waals surface area contributed by atoms with Gasteiger partial charge in [0, 0.05) is 17.1 Å². The standard InChI is InChI=1S/C13H9FN2O2/c14-10-7(6-17)3-4-8-11-9(2-1-5-15-11)13(18)16-12(8)10/h1-5,17H,6H2,(H,16,18). The molecule has 2 N–H and O–H groups in total. The van der Waals surface area contributed by atoms with Crippen LogP contribution in [0.1, 0.15) is 5.56 Å². The van der Waals surface area contributed by atoms with E-state index in [-0.39, 0.29) is 16.6 Å². The van der Waals surface area contributed by atoms with Crippen LogP contribution in [0.3, 0.4) is 0 Å². The highest BCUT2D eigenvalue weighted by Crippen LogP contribution is 2.23. The van der Waals surface area contributed by atoms with Crippen molar-refractivity contribution in [3.05, 3.63) is 52.2 Å². The average Bonchev–Trinajstić information content (AvgIpc) is 2.41. The SMILES string of the molecule is O=c1[nH]c2c(F)c(CO)ccc2c2ncccc12. The number of hydrogen-bond donors (Lipinski definition) is 2. The lowest BCUT2D eigenvalue weighted by Gasteiger charge is -2.06. The second kappa shape index (κ2) is 3.89. The lowest BCUT2D eigenvalue weighted by Crippen LogP contribution is -2.08. The van der Waals surface area contributed by atoms with Gasteiger partial charge in [-0.25, -0.2) is 4.39 Å². The molecule has 0 fully saturated rings. The van der Waals surface area contributed by atoms with Crippen LogP contribution in [0.25, 0.3) is 21.8 Å². The first-order valence-electron chi connectivity index (χ1n) is 5.41. The molecule has 3 rings (SSSR count). The van der Waals surface area contributed by atoms with Crippen molar-refractivity contribution in [2.24, 2.45) is 0 Å². The summed E-state index contributed by atoms with van der Waals surface area (Å²) in [5.41, 5.74) is 0.297. The Bertz CT molecular complexity index is 811. The van der Waals surface area contributed by atoms with Gasteiger partial charge in [0.1, 0.15) is 0 Å². The van der Waals surface area contributed by atoms with Crippen LogP contribution in [0, 0.1) is 5.82 Å². The maximum Gasteiger partial charge on any atom is 0.257 e. The summed E-state index contributed by atoms with van der Waals surface area (Å²) in [4.78, 5) is 18.4. The highest BCUT2D eigenvalue weighted by molar-refractivity contribution is 6.02. The summed E-state index contributed by atoms with van der Waals surface area (Å²) < 4.78 is 14.0. The quantitative estimate of drug-likeness (QED) is 0.640. The Morgan fingerprint density at radius 1 is 1.28 bits per heavy atom. The lowest BCUT2D eigenvalue weighted by atomic mass is 10.1. The molecule has 2 aromatic heterocycles. The molecule has 0 saturated heterocycles. The monoisotopic (exact) mass is 244 g/mol. The molecule has 0 aliphatic heterocycles. The molecule has 2 heterocycles. The van der Waals surface area contributed by atoms with Gasteiger partial charge >= 0.3 is 0 Å². The van der Waals surface area contributed by atoms with Crippen LogP contribution in [0.2, 0.25) is 0 Å². The van der Waals surface area contributed by atoms with Gasteiger partial charge in [-0.2, -0.15) is 0 Å². The van der Waals surface area contributed by atoms with Crippen molar-refractivity contribution in [2.45, 2.75) is 6.61 Å². The van der Waals surface area contributed by atoms with Gasteiger partial charge in [-0.3, -0.25) is 9.78 Å². The number of H-pyrrole nitrogens is 1. The van der Waals surface area contributed by atoms with Gasteiger partial charge in [-0.15, -0.1) is 0 Å². The molecular weight excluding hydrogens is 235 g/mol. The number of pyridine rings is 2. The van der Waals surface area contributed by atoms with Gasteiger partial charge in [-0.1, -0.05) is 12.1 Å². The number of fused-ring (bicyclic) bond motifs is 3. The van der Waals surface area contributed by atoms with E-state index in [1.54, 1.807) is 24.4 Å². The van der Waals surface area contributed by atoms with Gasteiger partial charge in [0.05, 0.1) is 23.0 Å². The van der Waals surface area contributed by atoms with Crippen molar-refractivity contribution in [2.75, 3.05) is 0 Å². The second-order valence-electron chi connectivity index (χ2n) is 3.97. The number of rotatable bonds is 1. The molecule has 0 bridgehead atoms. The zero-order valence-corrected chi connectivity index (χ0v) is 9.27. The minimum atomic E-state index is -0.611. The summed E-state index contributed by atoms with van der Waals surface area (Å²) in [6.07, 6.45) is 1.55. The van der Waals surface area contributed by atoms with E-state index >= 15 is 0 Å². The fourth-order valence-corrected chi connectivity index (χ4v) is 2.04. The van der Waals surface area contributed by atoms with Gasteiger partial charge in [0.2, 0.25) is 0 Å². The molecule has 5 heteroatoms. The number of aliphatic hydroxyl groups excluding tert-OH is 1. The molecule has 0 spiro atoms. The fraction of sp³-hybridized carbons (Fsp3) is 0.0769. The van der Waals surface area contributed by atoms with E-state index in [9.17, 15) is 9.18 Å². The van der Waals surface area contributed by atoms with E-state index in [0.29, 0.717) is 16.3 Å². The van der Waals surface area contributed by atoms with Crippen molar-refractivity contribution in [1.29, 1.82) is 0 Å². The maximum absolute atomic E-state index is 14.0. The van der Waals surface area contributed by atoms with Crippen LogP contribution in [-0.4, -0.2) is 15.1 Å². The number of aromatic nitrogens is 2. The maximum atomic E-state index is 14.0. The molecule has 0 unspecified atom stereocenters. The zero-order valence-electron chi connectivity index (χ0n) is 9.27. The Morgan fingerprint density at radius 3 is 2.89 bits per heavy atom. The molecule has 3 aromatic rings. The molecule has 0 aliphatic rings. The molecule has 0 atom stereocenters. The summed E-state index contributed by atoms with van der Waals surface area (Å²) in [6, 6.07) is 6.43. The Morgan fingerprint density at radius 2 is 2.11 bits per heavy atom. The van der Waals surface area contributed by atoms with Crippen molar-refractivity contribution in [3.63, 3.8) is 0 Å². The van der Waals surface area contributed by atoms with E-state index in [0.717, 1.165) is 0 Å². The minimum Gasteiger partial charge on any atom is -0.392 e. The third-order valence-corrected chi connectivity index (χ3v) is 2.94. The van der Waals surface area contributed by atoms with E-state index in [1.165, 1.54) is 6.07 Å². The molecule has 18 heavy (non-hydrogen) atoms. The Labute approximate surface area is 101 Å². The van der Waals surface area contributed by atoms with Crippen LogP contribution < -0.4 is 5.56 Å². The van der Waals surface area contributed by atoms with Crippen LogP contribution >= 0.6 is 0 Å². The zero-order chi connectivity index (χ0) is 12.7. The summed E-state index contributed by atoms with van der Waals surface area (Å²) in [7, 11) is 0. The molecule has 0 radical (unpaired) electrons. The molecular formula is C13H9FN2O2. The summed E-state index contributed by atoms with van der Waals surface area (Å²) in [5.74, 6) is -0.611. The first kappa shape index (κ1) is 10.9. The third kappa shape index (κ3) is 1.41. The van der Waals surface area contributed by atoms with E-state index in [2.05, 4.69) is 9.97 Å². The summed E-state index contributed by atoms with van der Waals surface area (Å²) in [5, 5.41) is 9.96. The van der Waals surface area contributed by atoms with Crippen LogP contribution in [0.4, 0.5) is 4.39 Å². The van der Waals surface area contributed by atoms with Gasteiger partial charge in [0.15, 0.2) is 5.82 Å². The number of nitrogens with one attached hydrogen (secondary N) is 1. The lowest BCUT2D eigenvalue weighted by molar-refractivity contribution is 0.276. The fourth-order valence-electron chi connectivity index (χ4n) is 2.04. The van der Waals surface area contributed by atoms with Crippen molar-refractivity contribution in [3.8, 4) is 0 Å². The number of hydrogen-bond acceptors (Lipinski definition) is 3. The van der Waals surface area contributed by atoms with E-state index in [4.69, 9.17) is 5.11 Å². The second-order valence-corrected chi connectivity index (χ2v) is 3.97. The van der Waals surface area contributed by atoms with Crippen LogP contribution in [-0.2, 0) is 6.61 Å². The smallest absolute Gasteiger partial charge is 0.257 e. The van der Waals surface area contributed by atoms with Gasteiger partial charge in [0.25, 0.3) is 5.56 Å². The number of halogens is 1. The predicted molar refractivity (Wildman–Crippen MR) is 65.8 cm³/mol. The normalized spacial score (nSPS) is 11.2. The average molecular weight is 244 g/mol. The predicted octanol–water partition coefficient (Wildman–Crippen LogP) is 1.71. The molecule has 0 saturated carbocycles. The number of aliphatic hydroxyl groups is 1. The minimum absolute atomic E-state index is 0.0813. The molecule has 4 nitrogen and oxygen atoms in total. The molecule has 0 amide bonds. The van der Waals surface area contributed by atoms with Crippen molar-refractivity contribution < 1.29 is 9.50 Å². The number of benzene rings is 1. The van der Waals surface area contributed by atoms with E-state index < -0.39 is 12.4 Å². The topological polar surface area (TPSA) is 66.0 Å². The van der Waals surface area contributed by atoms with Crippen LogP contribution in [0.5, 0.6) is 0 Å². The molecule has 1 aromatic carbocycles. The summed E-state index contributed by atoms with van der Waals surface area (Å²) in [6.45, 7) is -0.413. The molecule has 90 valence electrons. The van der Waals surface area contributed by atoms with Crippen molar-refractivity contribution in [1.82, 2.24) is 9.97 Å². The Balaban J connectivity index is 2.58. The number of aromatic amines is 1. The highest BCUT2D eigenvalue weighted by Gasteiger charge is 2.12. The first-order valence-corrected chi connectivity index (χ1v) is 5.41. The Kier molecular flexibility index (Phi) is 2.34. The molecule has 0 aliphatic carbocycles.